The molecule has 6 heteroatoms. The fourth-order valence-electron chi connectivity index (χ4n) is 3.18. The van der Waals surface area contributed by atoms with Crippen LogP contribution >= 0.6 is 23.2 Å². The molecule has 1 heterocycles. The molecule has 0 spiro atoms. The van der Waals surface area contributed by atoms with E-state index in [0.717, 1.165) is 13.1 Å². The molecule has 142 valence electrons. The molecule has 0 radical (unpaired) electrons. The number of hydrogen-bond donors (Lipinski definition) is 1. The molecule has 0 saturated heterocycles. The minimum absolute atomic E-state index is 0.128. The number of allylic oxidation sites excluding steroid dienone is 1. The summed E-state index contributed by atoms with van der Waals surface area (Å²) in [4.78, 5) is 15.1. The number of aromatic hydroxyl groups is 1. The van der Waals surface area contributed by atoms with Gasteiger partial charge in [0.05, 0.1) is 11.1 Å². The minimum atomic E-state index is -0.237. The first kappa shape index (κ1) is 19.7. The van der Waals surface area contributed by atoms with E-state index in [1.54, 1.807) is 37.3 Å². The summed E-state index contributed by atoms with van der Waals surface area (Å²) >= 11 is 12.4. The molecule has 1 N–H and O–H groups in total. The second kappa shape index (κ2) is 7.93. The molecule has 0 atom stereocenters. The molecule has 0 saturated carbocycles. The van der Waals surface area contributed by atoms with E-state index in [0.29, 0.717) is 44.6 Å². The number of phenols is 1. The summed E-state index contributed by atoms with van der Waals surface area (Å²) in [7, 11) is 0. The summed E-state index contributed by atoms with van der Waals surface area (Å²) < 4.78 is 5.92. The number of rotatable bonds is 5. The van der Waals surface area contributed by atoms with Crippen LogP contribution in [0.1, 0.15) is 40.9 Å². The van der Waals surface area contributed by atoms with E-state index >= 15 is 0 Å². The first-order valence-electron chi connectivity index (χ1n) is 8.83. The highest BCUT2D eigenvalue weighted by atomic mass is 35.5. The van der Waals surface area contributed by atoms with Crippen molar-refractivity contribution in [1.29, 1.82) is 0 Å². The van der Waals surface area contributed by atoms with Crippen LogP contribution in [0, 0.1) is 6.92 Å². The SMILES string of the molecule is CCN(CC)Cc1c(O)cc(C)c2c1O/C(=C\c1c(Cl)cccc1Cl)C2=O. The summed E-state index contributed by atoms with van der Waals surface area (Å²) in [5.74, 6) is 0.454. The van der Waals surface area contributed by atoms with Crippen LogP contribution in [-0.4, -0.2) is 28.9 Å². The Morgan fingerprint density at radius 3 is 2.41 bits per heavy atom. The Labute approximate surface area is 169 Å². The quantitative estimate of drug-likeness (QED) is 0.670. The monoisotopic (exact) mass is 405 g/mol. The van der Waals surface area contributed by atoms with Gasteiger partial charge in [-0.15, -0.1) is 0 Å². The predicted octanol–water partition coefficient (Wildman–Crippen LogP) is 5.47. The lowest BCUT2D eigenvalue weighted by Crippen LogP contribution is -2.22. The van der Waals surface area contributed by atoms with E-state index in [1.807, 2.05) is 13.8 Å². The summed E-state index contributed by atoms with van der Waals surface area (Å²) in [5, 5.41) is 11.3. The minimum Gasteiger partial charge on any atom is -0.507 e. The number of ketones is 1. The number of nitrogens with zero attached hydrogens (tertiary/aromatic N) is 1. The van der Waals surface area contributed by atoms with Gasteiger partial charge in [0.1, 0.15) is 11.5 Å². The Morgan fingerprint density at radius 2 is 1.81 bits per heavy atom. The van der Waals surface area contributed by atoms with Crippen molar-refractivity contribution in [2.24, 2.45) is 0 Å². The van der Waals surface area contributed by atoms with Gasteiger partial charge in [0.15, 0.2) is 5.76 Å². The highest BCUT2D eigenvalue weighted by Crippen LogP contribution is 2.42. The number of hydrogen-bond acceptors (Lipinski definition) is 4. The topological polar surface area (TPSA) is 49.8 Å². The molecular formula is C21H21Cl2NO3. The van der Waals surface area contributed by atoms with Gasteiger partial charge in [-0.2, -0.15) is 0 Å². The smallest absolute Gasteiger partial charge is 0.232 e. The van der Waals surface area contributed by atoms with Crippen molar-refractivity contribution >= 4 is 35.1 Å². The molecule has 0 aliphatic carbocycles. The van der Waals surface area contributed by atoms with Gasteiger partial charge in [0, 0.05) is 22.2 Å². The molecule has 4 nitrogen and oxygen atoms in total. The molecule has 2 aromatic carbocycles. The van der Waals surface area contributed by atoms with Gasteiger partial charge in [-0.05, 0) is 49.9 Å². The lowest BCUT2D eigenvalue weighted by Gasteiger charge is -2.20. The molecule has 0 amide bonds. The average molecular weight is 406 g/mol. The van der Waals surface area contributed by atoms with Crippen molar-refractivity contribution in [2.45, 2.75) is 27.3 Å². The number of carbonyl (C=O) groups is 1. The fraction of sp³-hybridized carbons (Fsp3) is 0.286. The highest BCUT2D eigenvalue weighted by Gasteiger charge is 2.33. The maximum atomic E-state index is 13.0. The Hall–Kier alpha value is -2.01. The van der Waals surface area contributed by atoms with Crippen molar-refractivity contribution in [1.82, 2.24) is 4.90 Å². The van der Waals surface area contributed by atoms with Crippen LogP contribution in [0.4, 0.5) is 0 Å². The molecule has 0 fully saturated rings. The van der Waals surface area contributed by atoms with Crippen LogP contribution in [-0.2, 0) is 6.54 Å². The van der Waals surface area contributed by atoms with Crippen LogP contribution in [0.2, 0.25) is 10.0 Å². The lowest BCUT2D eigenvalue weighted by molar-refractivity contribution is 0.101. The molecular weight excluding hydrogens is 385 g/mol. The van der Waals surface area contributed by atoms with Gasteiger partial charge < -0.3 is 9.84 Å². The van der Waals surface area contributed by atoms with Gasteiger partial charge in [-0.25, -0.2) is 0 Å². The van der Waals surface area contributed by atoms with E-state index < -0.39 is 0 Å². The van der Waals surface area contributed by atoms with E-state index in [4.69, 9.17) is 27.9 Å². The third-order valence-corrected chi connectivity index (χ3v) is 5.43. The van der Waals surface area contributed by atoms with Crippen molar-refractivity contribution in [3.8, 4) is 11.5 Å². The summed E-state index contributed by atoms with van der Waals surface area (Å²) in [6, 6.07) is 6.76. The molecule has 0 aromatic heterocycles. The first-order chi connectivity index (χ1) is 12.9. The second-order valence-corrected chi connectivity index (χ2v) is 7.25. The first-order valence-corrected chi connectivity index (χ1v) is 9.59. The zero-order valence-electron chi connectivity index (χ0n) is 15.5. The van der Waals surface area contributed by atoms with Crippen LogP contribution in [0.3, 0.4) is 0 Å². The van der Waals surface area contributed by atoms with Crippen molar-refractivity contribution in [3.63, 3.8) is 0 Å². The largest absolute Gasteiger partial charge is 0.507 e. The van der Waals surface area contributed by atoms with Gasteiger partial charge in [-0.3, -0.25) is 9.69 Å². The second-order valence-electron chi connectivity index (χ2n) is 6.43. The highest BCUT2D eigenvalue weighted by molar-refractivity contribution is 6.37. The lowest BCUT2D eigenvalue weighted by atomic mass is 9.99. The van der Waals surface area contributed by atoms with E-state index in [2.05, 4.69) is 4.90 Å². The zero-order valence-corrected chi connectivity index (χ0v) is 17.0. The number of carbonyl (C=O) groups excluding carboxylic acids is 1. The van der Waals surface area contributed by atoms with Gasteiger partial charge >= 0.3 is 0 Å². The van der Waals surface area contributed by atoms with Crippen molar-refractivity contribution < 1.29 is 14.6 Å². The third-order valence-electron chi connectivity index (χ3n) is 4.77. The number of halogens is 2. The summed E-state index contributed by atoms with van der Waals surface area (Å²) in [5.41, 5.74) is 2.29. The molecule has 0 unspecified atom stereocenters. The molecule has 1 aliphatic rings. The molecule has 27 heavy (non-hydrogen) atoms. The van der Waals surface area contributed by atoms with E-state index in [-0.39, 0.29) is 17.3 Å². The Morgan fingerprint density at radius 1 is 1.19 bits per heavy atom. The Balaban J connectivity index is 2.09. The van der Waals surface area contributed by atoms with E-state index in [1.165, 1.54) is 0 Å². The fourth-order valence-corrected chi connectivity index (χ4v) is 3.69. The maximum absolute atomic E-state index is 13.0. The van der Waals surface area contributed by atoms with Gasteiger partial charge in [-0.1, -0.05) is 43.1 Å². The maximum Gasteiger partial charge on any atom is 0.232 e. The van der Waals surface area contributed by atoms with Crippen LogP contribution in [0.5, 0.6) is 11.5 Å². The Bertz CT molecular complexity index is 913. The normalized spacial score (nSPS) is 14.7. The summed E-state index contributed by atoms with van der Waals surface area (Å²) in [6.07, 6.45) is 1.56. The van der Waals surface area contributed by atoms with Crippen LogP contribution in [0.15, 0.2) is 30.0 Å². The number of aryl methyl sites for hydroxylation is 1. The standard InChI is InChI=1S/C21H21Cl2NO3/c1-4-24(5-2)11-14-17(25)9-12(3)19-20(26)18(27-21(14)19)10-13-15(22)7-6-8-16(13)23/h6-10,25H,4-5,11H2,1-3H3/b18-10-. The number of benzene rings is 2. The van der Waals surface area contributed by atoms with E-state index in [9.17, 15) is 9.90 Å². The Kier molecular flexibility index (Phi) is 5.80. The number of ether oxygens (including phenoxy) is 1. The predicted molar refractivity (Wildman–Crippen MR) is 109 cm³/mol. The molecule has 0 bridgehead atoms. The molecule has 2 aromatic rings. The van der Waals surface area contributed by atoms with Crippen LogP contribution < -0.4 is 4.74 Å². The molecule has 1 aliphatic heterocycles. The van der Waals surface area contributed by atoms with Crippen LogP contribution in [0.25, 0.3) is 6.08 Å². The van der Waals surface area contributed by atoms with Crippen molar-refractivity contribution in [3.05, 3.63) is 62.3 Å². The number of phenolic OH excluding ortho intramolecular Hbond substituents is 1. The summed E-state index contributed by atoms with van der Waals surface area (Å²) in [6.45, 7) is 8.02. The van der Waals surface area contributed by atoms with Crippen molar-refractivity contribution in [2.75, 3.05) is 13.1 Å². The average Bonchev–Trinajstić information content (AvgIpc) is 2.95. The number of fused-ring (bicyclic) bond motifs is 1. The molecule has 3 rings (SSSR count). The van der Waals surface area contributed by atoms with Gasteiger partial charge in [0.2, 0.25) is 5.78 Å². The number of Topliss-reactive ketones (excluding diaryl/α,β-unsaturated/α-hetero) is 1. The van der Waals surface area contributed by atoms with Gasteiger partial charge in [0.25, 0.3) is 0 Å². The zero-order chi connectivity index (χ0) is 19.7. The third kappa shape index (κ3) is 3.70.